The fourth-order valence-corrected chi connectivity index (χ4v) is 4.32. The number of nitrogens with zero attached hydrogens (tertiary/aromatic N) is 4. The quantitative estimate of drug-likeness (QED) is 0.559. The molecule has 3 heterocycles. The van der Waals surface area contributed by atoms with Crippen LogP contribution in [0.2, 0.25) is 0 Å². The van der Waals surface area contributed by atoms with Crippen molar-refractivity contribution in [1.29, 1.82) is 0 Å². The maximum atomic E-state index is 13.4. The lowest BCUT2D eigenvalue weighted by atomic mass is 9.78. The van der Waals surface area contributed by atoms with Crippen molar-refractivity contribution in [2.24, 2.45) is 5.73 Å². The molecule has 7 nitrogen and oxygen atoms in total. The number of aromatic nitrogens is 4. The van der Waals surface area contributed by atoms with Crippen LogP contribution in [0.1, 0.15) is 49.0 Å². The first-order valence-corrected chi connectivity index (χ1v) is 9.85. The molecule has 0 bridgehead atoms. The summed E-state index contributed by atoms with van der Waals surface area (Å²) in [4.78, 5) is 19.1. The zero-order chi connectivity index (χ0) is 19.3. The van der Waals surface area contributed by atoms with Gasteiger partial charge in [0.15, 0.2) is 0 Å². The number of hydrogen-bond acceptors (Lipinski definition) is 6. The van der Waals surface area contributed by atoms with Gasteiger partial charge in [-0.25, -0.2) is 14.4 Å². The molecule has 2 fully saturated rings. The Kier molecular flexibility index (Phi) is 6.69. The van der Waals surface area contributed by atoms with Crippen molar-refractivity contribution in [3.05, 3.63) is 41.6 Å². The van der Waals surface area contributed by atoms with Crippen LogP contribution in [0.5, 0.6) is 0 Å². The summed E-state index contributed by atoms with van der Waals surface area (Å²) in [5.74, 6) is 2.64. The van der Waals surface area contributed by atoms with Crippen LogP contribution in [-0.2, 0) is 0 Å². The van der Waals surface area contributed by atoms with Crippen molar-refractivity contribution < 1.29 is 4.39 Å². The van der Waals surface area contributed by atoms with Crippen molar-refractivity contribution >= 4 is 47.6 Å². The molecule has 1 aliphatic heterocycles. The number of halogens is 3. The van der Waals surface area contributed by atoms with Crippen molar-refractivity contribution in [1.82, 2.24) is 19.9 Å². The van der Waals surface area contributed by atoms with Gasteiger partial charge in [-0.05, 0) is 43.9 Å². The second kappa shape index (κ2) is 8.91. The number of rotatable bonds is 3. The number of anilines is 2. The molecule has 0 unspecified atom stereocenters. The minimum atomic E-state index is -0.248. The van der Waals surface area contributed by atoms with Gasteiger partial charge >= 0.3 is 0 Å². The van der Waals surface area contributed by atoms with Crippen LogP contribution >= 0.6 is 24.8 Å². The smallest absolute Gasteiger partial charge is 0.222 e. The minimum absolute atomic E-state index is 0. The highest BCUT2D eigenvalue weighted by Gasteiger charge is 2.30. The SMILES string of the molecule is Cl.Cl.Nc1nc(C2CC(N)C2)cc(N2CCC(c3nc4ccc(F)cc4[nH]3)CC2)n1. The zero-order valence-electron chi connectivity index (χ0n) is 16.4. The molecule has 0 spiro atoms. The number of H-pyrrole nitrogens is 1. The number of benzene rings is 1. The lowest BCUT2D eigenvalue weighted by Gasteiger charge is -2.34. The summed E-state index contributed by atoms with van der Waals surface area (Å²) < 4.78 is 13.4. The van der Waals surface area contributed by atoms with Crippen LogP contribution in [0.4, 0.5) is 16.2 Å². The number of fused-ring (bicyclic) bond motifs is 1. The van der Waals surface area contributed by atoms with Crippen molar-refractivity contribution in [2.45, 2.75) is 43.6 Å². The van der Waals surface area contributed by atoms with E-state index in [1.807, 2.05) is 0 Å². The van der Waals surface area contributed by atoms with Crippen LogP contribution in [0, 0.1) is 5.82 Å². The Hall–Kier alpha value is -2.16. The molecule has 0 atom stereocenters. The van der Waals surface area contributed by atoms with E-state index < -0.39 is 0 Å². The molecule has 2 aliphatic rings. The molecule has 3 aromatic rings. The number of piperidine rings is 1. The third-order valence-corrected chi connectivity index (χ3v) is 6.01. The first-order chi connectivity index (χ1) is 13.5. The zero-order valence-corrected chi connectivity index (χ0v) is 18.1. The molecule has 1 saturated carbocycles. The van der Waals surface area contributed by atoms with Gasteiger partial charge < -0.3 is 21.4 Å². The monoisotopic (exact) mass is 453 g/mol. The normalized spacial score (nSPS) is 21.6. The lowest BCUT2D eigenvalue weighted by Crippen LogP contribution is -2.36. The Morgan fingerprint density at radius 1 is 1.00 bits per heavy atom. The highest BCUT2D eigenvalue weighted by molar-refractivity contribution is 5.85. The minimum Gasteiger partial charge on any atom is -0.368 e. The van der Waals surface area contributed by atoms with E-state index in [4.69, 9.17) is 11.5 Å². The van der Waals surface area contributed by atoms with Gasteiger partial charge in [-0.2, -0.15) is 4.98 Å². The fraction of sp³-hybridized carbons (Fsp3) is 0.450. The molecule has 2 aromatic heterocycles. The van der Waals surface area contributed by atoms with Crippen LogP contribution in [-0.4, -0.2) is 39.1 Å². The summed E-state index contributed by atoms with van der Waals surface area (Å²) in [6, 6.07) is 7.01. The predicted molar refractivity (Wildman–Crippen MR) is 121 cm³/mol. The molecule has 0 radical (unpaired) electrons. The van der Waals surface area contributed by atoms with Gasteiger partial charge in [-0.15, -0.1) is 24.8 Å². The first kappa shape index (κ1) is 22.5. The molecule has 1 saturated heterocycles. The highest BCUT2D eigenvalue weighted by Crippen LogP contribution is 2.37. The van der Waals surface area contributed by atoms with Crippen LogP contribution in [0.25, 0.3) is 11.0 Å². The van der Waals surface area contributed by atoms with E-state index in [0.29, 0.717) is 17.8 Å². The third kappa shape index (κ3) is 4.31. The average molecular weight is 454 g/mol. The molecule has 0 amide bonds. The summed E-state index contributed by atoms with van der Waals surface area (Å²) in [5, 5.41) is 0. The largest absolute Gasteiger partial charge is 0.368 e. The number of nitrogen functional groups attached to an aromatic ring is 1. The Morgan fingerprint density at radius 2 is 1.73 bits per heavy atom. The fourth-order valence-electron chi connectivity index (χ4n) is 4.32. The third-order valence-electron chi connectivity index (χ3n) is 6.01. The van der Waals surface area contributed by atoms with E-state index in [-0.39, 0.29) is 36.7 Å². The van der Waals surface area contributed by atoms with Gasteiger partial charge in [0.1, 0.15) is 17.5 Å². The van der Waals surface area contributed by atoms with Gasteiger partial charge in [-0.3, -0.25) is 0 Å². The number of nitrogens with two attached hydrogens (primary N) is 2. The average Bonchev–Trinajstić information content (AvgIpc) is 3.08. The van der Waals surface area contributed by atoms with Crippen LogP contribution < -0.4 is 16.4 Å². The predicted octanol–water partition coefficient (Wildman–Crippen LogP) is 3.51. The highest BCUT2D eigenvalue weighted by atomic mass is 35.5. The topological polar surface area (TPSA) is 110 Å². The maximum absolute atomic E-state index is 13.4. The second-order valence-corrected chi connectivity index (χ2v) is 7.98. The summed E-state index contributed by atoms with van der Waals surface area (Å²) in [6.45, 7) is 1.74. The number of aromatic amines is 1. The van der Waals surface area contributed by atoms with E-state index in [1.54, 1.807) is 6.07 Å². The van der Waals surface area contributed by atoms with Gasteiger partial charge in [0, 0.05) is 37.0 Å². The summed E-state index contributed by atoms with van der Waals surface area (Å²) in [5.41, 5.74) is 14.5. The number of hydrogen-bond donors (Lipinski definition) is 3. The van der Waals surface area contributed by atoms with Gasteiger partial charge in [-0.1, -0.05) is 0 Å². The number of imidazole rings is 1. The van der Waals surface area contributed by atoms with E-state index >= 15 is 0 Å². The Morgan fingerprint density at radius 3 is 2.43 bits per heavy atom. The molecule has 162 valence electrons. The summed E-state index contributed by atoms with van der Waals surface area (Å²) in [6.07, 6.45) is 3.83. The Bertz CT molecular complexity index is 1010. The van der Waals surface area contributed by atoms with E-state index in [1.165, 1.54) is 12.1 Å². The van der Waals surface area contributed by atoms with Gasteiger partial charge in [0.2, 0.25) is 5.95 Å². The Labute approximate surface area is 186 Å². The Balaban J connectivity index is 0.00000128. The van der Waals surface area contributed by atoms with Crippen molar-refractivity contribution in [3.63, 3.8) is 0 Å². The lowest BCUT2D eigenvalue weighted by molar-refractivity contribution is 0.345. The molecular weight excluding hydrogens is 428 g/mol. The van der Waals surface area contributed by atoms with E-state index in [0.717, 1.165) is 67.1 Å². The van der Waals surface area contributed by atoms with Gasteiger partial charge in [0.25, 0.3) is 0 Å². The second-order valence-electron chi connectivity index (χ2n) is 7.98. The van der Waals surface area contributed by atoms with E-state index in [9.17, 15) is 4.39 Å². The van der Waals surface area contributed by atoms with Crippen molar-refractivity contribution in [3.8, 4) is 0 Å². The summed E-state index contributed by atoms with van der Waals surface area (Å²) >= 11 is 0. The van der Waals surface area contributed by atoms with Crippen LogP contribution in [0.15, 0.2) is 24.3 Å². The molecule has 1 aromatic carbocycles. The van der Waals surface area contributed by atoms with Crippen molar-refractivity contribution in [2.75, 3.05) is 23.7 Å². The maximum Gasteiger partial charge on any atom is 0.222 e. The van der Waals surface area contributed by atoms with Crippen LogP contribution in [0.3, 0.4) is 0 Å². The van der Waals surface area contributed by atoms with E-state index in [2.05, 4.69) is 30.9 Å². The molecule has 30 heavy (non-hydrogen) atoms. The molecule has 1 aliphatic carbocycles. The number of nitrogens with one attached hydrogen (secondary N) is 1. The molecule has 5 N–H and O–H groups in total. The molecule has 10 heteroatoms. The molecule has 5 rings (SSSR count). The summed E-state index contributed by atoms with van der Waals surface area (Å²) in [7, 11) is 0. The molecular formula is C20H26Cl2FN7. The van der Waals surface area contributed by atoms with Gasteiger partial charge in [0.05, 0.1) is 16.7 Å². The standard InChI is InChI=1S/C20H24FN7.2ClH/c21-13-1-2-15-17(9-13)25-19(24-15)11-3-5-28(6-4-11)18-10-16(26-20(23)27-18)12-7-14(22)8-12;;/h1-2,9-12,14H,3-8,22H2,(H,24,25)(H2,23,26,27);2*1H. The first-order valence-electron chi connectivity index (χ1n) is 9.85.